The van der Waals surface area contributed by atoms with Crippen LogP contribution in [0.3, 0.4) is 0 Å². The summed E-state index contributed by atoms with van der Waals surface area (Å²) in [7, 11) is 0. The summed E-state index contributed by atoms with van der Waals surface area (Å²) >= 11 is 0. The van der Waals surface area contributed by atoms with Crippen LogP contribution in [0.2, 0.25) is 0 Å². The number of rotatable bonds is 6. The number of aromatic nitrogens is 2. The SMILES string of the molecule is C[C@H]1CCCC[C@@H]1OCCNC(=O)Cn1c(=O)oc2cccnc21. The molecule has 2 aromatic heterocycles. The standard InChI is InChI=1S/C17H23N3O4/c1-12-5-2-3-6-13(12)23-10-9-18-15(21)11-20-16-14(24-17(20)22)7-4-8-19-16/h4,7-8,12-13H,2-3,5-6,9-11H2,1H3,(H,18,21)/t12-,13-/m0/s1. The molecule has 0 spiro atoms. The van der Waals surface area contributed by atoms with Crippen molar-refractivity contribution in [3.8, 4) is 0 Å². The van der Waals surface area contributed by atoms with Crippen molar-refractivity contribution in [1.29, 1.82) is 0 Å². The lowest BCUT2D eigenvalue weighted by atomic mass is 9.88. The zero-order valence-electron chi connectivity index (χ0n) is 13.9. The number of hydrogen-bond donors (Lipinski definition) is 1. The van der Waals surface area contributed by atoms with Crippen LogP contribution in [-0.4, -0.2) is 34.7 Å². The zero-order valence-corrected chi connectivity index (χ0v) is 13.9. The molecule has 3 rings (SSSR count). The molecule has 130 valence electrons. The van der Waals surface area contributed by atoms with Crippen LogP contribution in [0.25, 0.3) is 11.2 Å². The van der Waals surface area contributed by atoms with E-state index in [-0.39, 0.29) is 12.5 Å². The summed E-state index contributed by atoms with van der Waals surface area (Å²) < 4.78 is 12.1. The Kier molecular flexibility index (Phi) is 5.30. The van der Waals surface area contributed by atoms with Crippen molar-refractivity contribution in [2.24, 2.45) is 5.92 Å². The van der Waals surface area contributed by atoms with E-state index in [1.54, 1.807) is 18.3 Å². The topological polar surface area (TPSA) is 86.4 Å². The lowest BCUT2D eigenvalue weighted by Gasteiger charge is -2.28. The number of fused-ring (bicyclic) bond motifs is 1. The molecule has 7 nitrogen and oxygen atoms in total. The van der Waals surface area contributed by atoms with Gasteiger partial charge in [-0.15, -0.1) is 0 Å². The van der Waals surface area contributed by atoms with Gasteiger partial charge in [0.15, 0.2) is 11.2 Å². The number of nitrogens with one attached hydrogen (secondary N) is 1. The van der Waals surface area contributed by atoms with E-state index in [4.69, 9.17) is 9.15 Å². The van der Waals surface area contributed by atoms with Gasteiger partial charge in [-0.05, 0) is 30.9 Å². The normalized spacial score (nSPS) is 21.0. The van der Waals surface area contributed by atoms with Crippen LogP contribution >= 0.6 is 0 Å². The van der Waals surface area contributed by atoms with Gasteiger partial charge in [0.2, 0.25) is 5.91 Å². The minimum Gasteiger partial charge on any atom is -0.406 e. The van der Waals surface area contributed by atoms with Crippen LogP contribution in [0.15, 0.2) is 27.5 Å². The molecule has 7 heteroatoms. The largest absolute Gasteiger partial charge is 0.421 e. The molecule has 0 aromatic carbocycles. The molecule has 0 aliphatic heterocycles. The van der Waals surface area contributed by atoms with Crippen molar-refractivity contribution < 1.29 is 13.9 Å². The minimum absolute atomic E-state index is 0.108. The summed E-state index contributed by atoms with van der Waals surface area (Å²) in [5.41, 5.74) is 0.759. The molecule has 1 aliphatic carbocycles. The van der Waals surface area contributed by atoms with Crippen molar-refractivity contribution in [1.82, 2.24) is 14.9 Å². The molecule has 1 saturated carbocycles. The second-order valence-electron chi connectivity index (χ2n) is 6.30. The second kappa shape index (κ2) is 7.61. The van der Waals surface area contributed by atoms with Crippen LogP contribution in [0.4, 0.5) is 0 Å². The summed E-state index contributed by atoms with van der Waals surface area (Å²) in [4.78, 5) is 27.9. The molecule has 2 atom stereocenters. The Labute approximate surface area is 140 Å². The average Bonchev–Trinajstić information content (AvgIpc) is 2.89. The smallest absolute Gasteiger partial charge is 0.406 e. The molecule has 1 amide bonds. The highest BCUT2D eigenvalue weighted by molar-refractivity contribution is 5.78. The number of ether oxygens (including phenoxy) is 1. The Morgan fingerprint density at radius 1 is 1.46 bits per heavy atom. The van der Waals surface area contributed by atoms with Crippen molar-refractivity contribution >= 4 is 17.1 Å². The van der Waals surface area contributed by atoms with E-state index in [1.165, 1.54) is 23.8 Å². The molecule has 2 aromatic rings. The highest BCUT2D eigenvalue weighted by Crippen LogP contribution is 2.25. The Bertz CT molecular complexity index is 752. The lowest BCUT2D eigenvalue weighted by Crippen LogP contribution is -2.34. The number of carbonyl (C=O) groups excluding carboxylic acids is 1. The molecule has 0 saturated heterocycles. The Morgan fingerprint density at radius 2 is 2.29 bits per heavy atom. The molecule has 0 radical (unpaired) electrons. The van der Waals surface area contributed by atoms with Gasteiger partial charge in [-0.3, -0.25) is 4.79 Å². The fourth-order valence-electron chi connectivity index (χ4n) is 3.17. The molecule has 1 aliphatic rings. The molecule has 0 unspecified atom stereocenters. The summed E-state index contributed by atoms with van der Waals surface area (Å²) in [5, 5.41) is 2.77. The maximum Gasteiger partial charge on any atom is 0.421 e. The third kappa shape index (κ3) is 3.84. The molecule has 0 bridgehead atoms. The number of carbonyl (C=O) groups is 1. The lowest BCUT2D eigenvalue weighted by molar-refractivity contribution is -0.122. The summed E-state index contributed by atoms with van der Waals surface area (Å²) in [6.07, 6.45) is 6.65. The van der Waals surface area contributed by atoms with Gasteiger partial charge < -0.3 is 14.5 Å². The molecule has 2 heterocycles. The van der Waals surface area contributed by atoms with E-state index in [0.717, 1.165) is 6.42 Å². The predicted octanol–water partition coefficient (Wildman–Crippen LogP) is 1.70. The van der Waals surface area contributed by atoms with Gasteiger partial charge in [0.25, 0.3) is 0 Å². The average molecular weight is 333 g/mol. The zero-order chi connectivity index (χ0) is 16.9. The summed E-state index contributed by atoms with van der Waals surface area (Å²) in [5.74, 6) is -0.256. The third-order valence-corrected chi connectivity index (χ3v) is 4.51. The maximum absolute atomic E-state index is 12.0. The summed E-state index contributed by atoms with van der Waals surface area (Å²) in [6, 6.07) is 3.33. The first kappa shape index (κ1) is 16.7. The van der Waals surface area contributed by atoms with E-state index in [2.05, 4.69) is 17.2 Å². The van der Waals surface area contributed by atoms with E-state index in [9.17, 15) is 9.59 Å². The van der Waals surface area contributed by atoms with Gasteiger partial charge in [0.05, 0.1) is 12.7 Å². The number of nitrogens with zero attached hydrogens (tertiary/aromatic N) is 2. The van der Waals surface area contributed by atoms with Gasteiger partial charge in [0.1, 0.15) is 6.54 Å². The van der Waals surface area contributed by atoms with Crippen LogP contribution in [0.5, 0.6) is 0 Å². The van der Waals surface area contributed by atoms with Crippen molar-refractivity contribution in [2.75, 3.05) is 13.2 Å². The molecular formula is C17H23N3O4. The fourth-order valence-corrected chi connectivity index (χ4v) is 3.17. The van der Waals surface area contributed by atoms with Gasteiger partial charge in [0, 0.05) is 12.7 Å². The maximum atomic E-state index is 12.0. The van der Waals surface area contributed by atoms with E-state index in [0.29, 0.717) is 36.4 Å². The van der Waals surface area contributed by atoms with Gasteiger partial charge in [-0.1, -0.05) is 19.8 Å². The number of oxazole rings is 1. The van der Waals surface area contributed by atoms with Crippen LogP contribution in [0, 0.1) is 5.92 Å². The van der Waals surface area contributed by atoms with E-state index >= 15 is 0 Å². The van der Waals surface area contributed by atoms with Crippen LogP contribution in [0.1, 0.15) is 32.6 Å². The Hall–Kier alpha value is -2.15. The molecular weight excluding hydrogens is 310 g/mol. The Morgan fingerprint density at radius 3 is 3.12 bits per heavy atom. The second-order valence-corrected chi connectivity index (χ2v) is 6.30. The minimum atomic E-state index is -0.578. The molecule has 1 N–H and O–H groups in total. The monoisotopic (exact) mass is 333 g/mol. The van der Waals surface area contributed by atoms with Crippen LogP contribution < -0.4 is 11.1 Å². The first-order chi connectivity index (χ1) is 11.6. The quantitative estimate of drug-likeness (QED) is 0.813. The highest BCUT2D eigenvalue weighted by Gasteiger charge is 2.21. The molecule has 24 heavy (non-hydrogen) atoms. The van der Waals surface area contributed by atoms with Gasteiger partial charge >= 0.3 is 5.76 Å². The van der Waals surface area contributed by atoms with Crippen molar-refractivity contribution in [3.63, 3.8) is 0 Å². The van der Waals surface area contributed by atoms with Gasteiger partial charge in [-0.2, -0.15) is 0 Å². The highest BCUT2D eigenvalue weighted by atomic mass is 16.5. The first-order valence-corrected chi connectivity index (χ1v) is 8.48. The summed E-state index contributed by atoms with van der Waals surface area (Å²) in [6.45, 7) is 3.02. The fraction of sp³-hybridized carbons (Fsp3) is 0.588. The van der Waals surface area contributed by atoms with Gasteiger partial charge in [-0.25, -0.2) is 14.3 Å². The predicted molar refractivity (Wildman–Crippen MR) is 88.7 cm³/mol. The van der Waals surface area contributed by atoms with E-state index in [1.807, 2.05) is 0 Å². The Balaban J connectivity index is 1.47. The van der Waals surface area contributed by atoms with E-state index < -0.39 is 5.76 Å². The number of hydrogen-bond acceptors (Lipinski definition) is 5. The third-order valence-electron chi connectivity index (χ3n) is 4.51. The molecule has 1 fully saturated rings. The van der Waals surface area contributed by atoms with Crippen LogP contribution in [-0.2, 0) is 16.1 Å². The number of pyridine rings is 1. The first-order valence-electron chi connectivity index (χ1n) is 8.48. The van der Waals surface area contributed by atoms with Crippen molar-refractivity contribution in [3.05, 3.63) is 28.9 Å². The number of amides is 1. The van der Waals surface area contributed by atoms with Crippen molar-refractivity contribution in [2.45, 2.75) is 45.3 Å².